The normalized spacial score (nSPS) is 17.8. The number of amides is 1. The highest BCUT2D eigenvalue weighted by molar-refractivity contribution is 6.46. The monoisotopic (exact) mass is 438 g/mol. The van der Waals surface area contributed by atoms with Gasteiger partial charge in [-0.25, -0.2) is 0 Å². The molecule has 9 heteroatoms. The number of carbonyl (C=O) groups is 2. The highest BCUT2D eigenvalue weighted by Crippen LogP contribution is 2.40. The van der Waals surface area contributed by atoms with Crippen LogP contribution in [-0.2, 0) is 16.1 Å². The molecule has 0 bridgehead atoms. The van der Waals surface area contributed by atoms with Crippen molar-refractivity contribution in [2.45, 2.75) is 12.6 Å². The Bertz CT molecular complexity index is 1200. The van der Waals surface area contributed by atoms with Crippen molar-refractivity contribution in [3.8, 4) is 0 Å². The predicted octanol–water partition coefficient (Wildman–Crippen LogP) is 4.46. The molecule has 8 nitrogen and oxygen atoms in total. The van der Waals surface area contributed by atoms with Crippen LogP contribution >= 0.6 is 11.6 Å². The van der Waals surface area contributed by atoms with Gasteiger partial charge in [0.2, 0.25) is 0 Å². The number of hydrogen-bond acceptors (Lipinski definition) is 6. The maximum Gasteiger partial charge on any atom is 0.296 e. The SMILES string of the molecule is O=C1C(=O)N(Cc2ccco2)[C@H](c2ccc(Cl)cc2)C1=C(O)c1cccc([N+](=O)[O-])c1. The first-order chi connectivity index (χ1) is 14.9. The molecule has 0 unspecified atom stereocenters. The van der Waals surface area contributed by atoms with Crippen LogP contribution in [0.4, 0.5) is 5.69 Å². The molecule has 31 heavy (non-hydrogen) atoms. The van der Waals surface area contributed by atoms with E-state index in [1.54, 1.807) is 36.4 Å². The number of benzene rings is 2. The molecule has 156 valence electrons. The fourth-order valence-electron chi connectivity index (χ4n) is 3.53. The van der Waals surface area contributed by atoms with E-state index in [9.17, 15) is 24.8 Å². The standard InChI is InChI=1S/C22H15ClN2O6/c23-15-8-6-13(7-9-15)19-18(20(26)14-3-1-4-16(11-14)25(29)30)21(27)22(28)24(19)12-17-5-2-10-31-17/h1-11,19,26H,12H2/t19-/m1/s1. The number of aliphatic hydroxyl groups excluding tert-OH is 1. The summed E-state index contributed by atoms with van der Waals surface area (Å²) in [6, 6.07) is 14.1. The Morgan fingerprint density at radius 1 is 1.13 bits per heavy atom. The lowest BCUT2D eigenvalue weighted by Crippen LogP contribution is -2.29. The lowest BCUT2D eigenvalue weighted by molar-refractivity contribution is -0.384. The summed E-state index contributed by atoms with van der Waals surface area (Å²) in [7, 11) is 0. The van der Waals surface area contributed by atoms with E-state index >= 15 is 0 Å². The van der Waals surface area contributed by atoms with Gasteiger partial charge >= 0.3 is 0 Å². The number of furan rings is 1. The summed E-state index contributed by atoms with van der Waals surface area (Å²) in [6.45, 7) is -0.00339. The lowest BCUT2D eigenvalue weighted by atomic mass is 9.95. The number of aliphatic hydroxyl groups is 1. The minimum atomic E-state index is -0.929. The van der Waals surface area contributed by atoms with Crippen LogP contribution in [0.2, 0.25) is 5.02 Å². The summed E-state index contributed by atoms with van der Waals surface area (Å²) in [5, 5.41) is 22.5. The molecule has 0 radical (unpaired) electrons. The van der Waals surface area contributed by atoms with Crippen LogP contribution in [0.25, 0.3) is 5.76 Å². The fourth-order valence-corrected chi connectivity index (χ4v) is 3.65. The van der Waals surface area contributed by atoms with Gasteiger partial charge in [0.25, 0.3) is 17.4 Å². The molecule has 0 spiro atoms. The van der Waals surface area contributed by atoms with E-state index in [-0.39, 0.29) is 23.4 Å². The highest BCUT2D eigenvalue weighted by Gasteiger charge is 2.46. The number of nitrogens with zero attached hydrogens (tertiary/aromatic N) is 2. The van der Waals surface area contributed by atoms with E-state index in [1.807, 2.05) is 0 Å². The Hall–Kier alpha value is -3.91. The summed E-state index contributed by atoms with van der Waals surface area (Å²) in [5.74, 6) is -1.75. The van der Waals surface area contributed by atoms with Crippen molar-refractivity contribution in [2.24, 2.45) is 0 Å². The van der Waals surface area contributed by atoms with Gasteiger partial charge in [-0.15, -0.1) is 0 Å². The molecule has 1 aromatic heterocycles. The maximum atomic E-state index is 12.9. The number of ketones is 1. The molecule has 4 rings (SSSR count). The van der Waals surface area contributed by atoms with Crippen LogP contribution in [0.15, 0.2) is 76.9 Å². The van der Waals surface area contributed by atoms with Crippen molar-refractivity contribution in [3.63, 3.8) is 0 Å². The fraction of sp³-hybridized carbons (Fsp3) is 0.0909. The molecule has 2 heterocycles. The van der Waals surface area contributed by atoms with Crippen molar-refractivity contribution < 1.29 is 24.0 Å². The number of likely N-dealkylation sites (tertiary alicyclic amines) is 1. The molecule has 1 amide bonds. The van der Waals surface area contributed by atoms with Crippen LogP contribution in [0.1, 0.15) is 22.9 Å². The van der Waals surface area contributed by atoms with E-state index in [2.05, 4.69) is 0 Å². The molecule has 0 saturated carbocycles. The Kier molecular flexibility index (Phi) is 5.31. The van der Waals surface area contributed by atoms with Gasteiger partial charge in [-0.2, -0.15) is 0 Å². The maximum absolute atomic E-state index is 12.9. The number of carbonyl (C=O) groups excluding carboxylic acids is 2. The van der Waals surface area contributed by atoms with E-state index in [0.717, 1.165) is 6.07 Å². The summed E-state index contributed by atoms with van der Waals surface area (Å²) in [5.41, 5.74) is 0.183. The number of Topliss-reactive ketones (excluding diaryl/α,β-unsaturated/α-hetero) is 1. The van der Waals surface area contributed by atoms with E-state index < -0.39 is 28.4 Å². The second-order valence-electron chi connectivity index (χ2n) is 6.87. The highest BCUT2D eigenvalue weighted by atomic mass is 35.5. The predicted molar refractivity (Wildman–Crippen MR) is 111 cm³/mol. The van der Waals surface area contributed by atoms with E-state index in [0.29, 0.717) is 16.3 Å². The van der Waals surface area contributed by atoms with Gasteiger partial charge in [-0.3, -0.25) is 19.7 Å². The molecule has 1 aliphatic heterocycles. The zero-order valence-corrected chi connectivity index (χ0v) is 16.7. The second kappa shape index (κ2) is 8.08. The molecule has 1 atom stereocenters. The topological polar surface area (TPSA) is 114 Å². The minimum Gasteiger partial charge on any atom is -0.507 e. The molecule has 1 aliphatic rings. The smallest absolute Gasteiger partial charge is 0.296 e. The largest absolute Gasteiger partial charge is 0.507 e. The Morgan fingerprint density at radius 3 is 2.52 bits per heavy atom. The zero-order valence-electron chi connectivity index (χ0n) is 15.9. The number of non-ortho nitro benzene ring substituents is 1. The molecule has 2 aromatic carbocycles. The first-order valence-corrected chi connectivity index (χ1v) is 9.55. The van der Waals surface area contributed by atoms with E-state index in [4.69, 9.17) is 16.0 Å². The minimum absolute atomic E-state index is 0.00339. The molecule has 1 N–H and O–H groups in total. The molecule has 3 aromatic rings. The van der Waals surface area contributed by atoms with Crippen molar-refractivity contribution in [1.29, 1.82) is 0 Å². The number of hydrogen-bond donors (Lipinski definition) is 1. The average Bonchev–Trinajstić information content (AvgIpc) is 3.36. The molecular weight excluding hydrogens is 424 g/mol. The van der Waals surface area contributed by atoms with Crippen LogP contribution in [0, 0.1) is 10.1 Å². The number of rotatable bonds is 5. The van der Waals surface area contributed by atoms with Gasteiger partial charge in [0, 0.05) is 22.7 Å². The van der Waals surface area contributed by atoms with Gasteiger partial charge in [0.1, 0.15) is 11.5 Å². The quantitative estimate of drug-likeness (QED) is 0.207. The lowest BCUT2D eigenvalue weighted by Gasteiger charge is -2.24. The molecule has 1 saturated heterocycles. The number of halogens is 1. The summed E-state index contributed by atoms with van der Waals surface area (Å²) >= 11 is 5.98. The zero-order chi connectivity index (χ0) is 22.1. The van der Waals surface area contributed by atoms with Gasteiger partial charge in [0.05, 0.1) is 29.3 Å². The van der Waals surface area contributed by atoms with E-state index in [1.165, 1.54) is 29.4 Å². The summed E-state index contributed by atoms with van der Waals surface area (Å²) in [6.07, 6.45) is 1.45. The second-order valence-corrected chi connectivity index (χ2v) is 7.30. The van der Waals surface area contributed by atoms with Crippen LogP contribution in [0.5, 0.6) is 0 Å². The van der Waals surface area contributed by atoms with Crippen molar-refractivity contribution in [2.75, 3.05) is 0 Å². The first-order valence-electron chi connectivity index (χ1n) is 9.18. The van der Waals surface area contributed by atoms with Gasteiger partial charge < -0.3 is 14.4 Å². The van der Waals surface area contributed by atoms with Gasteiger partial charge in [-0.1, -0.05) is 35.9 Å². The number of nitro benzene ring substituents is 1. The summed E-state index contributed by atoms with van der Waals surface area (Å²) in [4.78, 5) is 37.6. The van der Waals surface area contributed by atoms with Crippen molar-refractivity contribution in [3.05, 3.63) is 105 Å². The van der Waals surface area contributed by atoms with Crippen LogP contribution < -0.4 is 0 Å². The Balaban J connectivity index is 1.87. The van der Waals surface area contributed by atoms with Gasteiger partial charge in [0.15, 0.2) is 0 Å². The third kappa shape index (κ3) is 3.80. The molecule has 1 fully saturated rings. The van der Waals surface area contributed by atoms with Gasteiger partial charge in [-0.05, 0) is 29.8 Å². The third-order valence-electron chi connectivity index (χ3n) is 4.96. The van der Waals surface area contributed by atoms with Crippen molar-refractivity contribution in [1.82, 2.24) is 4.90 Å². The average molecular weight is 439 g/mol. The Morgan fingerprint density at radius 2 is 1.87 bits per heavy atom. The Labute approximate surface area is 181 Å². The number of nitro groups is 1. The molecule has 0 aliphatic carbocycles. The van der Waals surface area contributed by atoms with Crippen LogP contribution in [0.3, 0.4) is 0 Å². The third-order valence-corrected chi connectivity index (χ3v) is 5.21. The molecular formula is C22H15ClN2O6. The first kappa shape index (κ1) is 20.4. The van der Waals surface area contributed by atoms with Crippen LogP contribution in [-0.4, -0.2) is 26.6 Å². The summed E-state index contributed by atoms with van der Waals surface area (Å²) < 4.78 is 5.32. The van der Waals surface area contributed by atoms with Crippen molar-refractivity contribution >= 4 is 34.7 Å².